The van der Waals surface area contributed by atoms with Crippen LogP contribution in [0.4, 0.5) is 5.69 Å². The maximum absolute atomic E-state index is 11.9. The van der Waals surface area contributed by atoms with E-state index in [-0.39, 0.29) is 11.8 Å². The van der Waals surface area contributed by atoms with Crippen LogP contribution in [0.15, 0.2) is 24.3 Å². The van der Waals surface area contributed by atoms with E-state index in [0.29, 0.717) is 24.7 Å². The van der Waals surface area contributed by atoms with Crippen LogP contribution >= 0.6 is 0 Å². The van der Waals surface area contributed by atoms with Crippen molar-refractivity contribution in [1.82, 2.24) is 0 Å². The molecule has 1 amide bonds. The van der Waals surface area contributed by atoms with Gasteiger partial charge in [0.2, 0.25) is 5.91 Å². The van der Waals surface area contributed by atoms with Crippen molar-refractivity contribution in [3.63, 3.8) is 0 Å². The fourth-order valence-electron chi connectivity index (χ4n) is 1.79. The van der Waals surface area contributed by atoms with Gasteiger partial charge in [-0.1, -0.05) is 6.07 Å². The lowest BCUT2D eigenvalue weighted by molar-refractivity contribution is -0.139. The molecule has 19 heavy (non-hydrogen) atoms. The van der Waals surface area contributed by atoms with Gasteiger partial charge < -0.3 is 19.9 Å². The monoisotopic (exact) mass is 265 g/mol. The van der Waals surface area contributed by atoms with Gasteiger partial charge in [-0.25, -0.2) is 4.79 Å². The number of anilines is 1. The Kier molecular flexibility index (Phi) is 4.35. The van der Waals surface area contributed by atoms with Crippen molar-refractivity contribution < 1.29 is 24.2 Å². The van der Waals surface area contributed by atoms with Gasteiger partial charge in [-0.2, -0.15) is 0 Å². The lowest BCUT2D eigenvalue weighted by Crippen LogP contribution is -2.22. The van der Waals surface area contributed by atoms with E-state index in [9.17, 15) is 9.59 Å². The Balaban J connectivity index is 1.94. The topological polar surface area (TPSA) is 84.9 Å². The number of carbonyl (C=O) groups excluding carboxylic acids is 1. The van der Waals surface area contributed by atoms with Gasteiger partial charge in [-0.05, 0) is 18.6 Å². The highest BCUT2D eigenvalue weighted by atomic mass is 16.5. The van der Waals surface area contributed by atoms with Crippen LogP contribution in [-0.4, -0.2) is 36.8 Å². The third kappa shape index (κ3) is 3.96. The number of amides is 1. The Morgan fingerprint density at radius 2 is 2.32 bits per heavy atom. The number of carbonyl (C=O) groups is 2. The number of nitrogens with one attached hydrogen (secondary N) is 1. The summed E-state index contributed by atoms with van der Waals surface area (Å²) in [7, 11) is 0. The summed E-state index contributed by atoms with van der Waals surface area (Å²) in [5, 5.41) is 11.3. The molecule has 2 rings (SSSR count). The SMILES string of the molecule is O=C(O)COc1cccc(NC(=O)C2CCOC2)c1. The summed E-state index contributed by atoms with van der Waals surface area (Å²) in [6.07, 6.45) is 0.723. The number of carboxylic acid groups (broad SMARTS) is 1. The molecule has 102 valence electrons. The van der Waals surface area contributed by atoms with Gasteiger partial charge in [-0.15, -0.1) is 0 Å². The number of ether oxygens (including phenoxy) is 2. The van der Waals surface area contributed by atoms with Crippen LogP contribution in [0.5, 0.6) is 5.75 Å². The quantitative estimate of drug-likeness (QED) is 0.833. The van der Waals surface area contributed by atoms with Crippen LogP contribution in [0.2, 0.25) is 0 Å². The molecule has 0 spiro atoms. The van der Waals surface area contributed by atoms with Crippen molar-refractivity contribution >= 4 is 17.6 Å². The molecule has 1 heterocycles. The zero-order chi connectivity index (χ0) is 13.7. The largest absolute Gasteiger partial charge is 0.482 e. The van der Waals surface area contributed by atoms with Crippen LogP contribution in [-0.2, 0) is 14.3 Å². The van der Waals surface area contributed by atoms with Crippen LogP contribution in [0.3, 0.4) is 0 Å². The van der Waals surface area contributed by atoms with E-state index in [0.717, 1.165) is 6.42 Å². The van der Waals surface area contributed by atoms with Crippen molar-refractivity contribution in [2.45, 2.75) is 6.42 Å². The smallest absolute Gasteiger partial charge is 0.341 e. The first-order valence-electron chi connectivity index (χ1n) is 5.98. The van der Waals surface area contributed by atoms with Gasteiger partial charge in [0.1, 0.15) is 5.75 Å². The second-order valence-electron chi connectivity index (χ2n) is 4.26. The minimum atomic E-state index is -1.04. The minimum Gasteiger partial charge on any atom is -0.482 e. The summed E-state index contributed by atoms with van der Waals surface area (Å²) in [4.78, 5) is 22.3. The highest BCUT2D eigenvalue weighted by Gasteiger charge is 2.23. The number of hydrogen-bond acceptors (Lipinski definition) is 4. The van der Waals surface area contributed by atoms with Gasteiger partial charge in [0, 0.05) is 18.4 Å². The molecule has 2 N–H and O–H groups in total. The summed E-state index contributed by atoms with van der Waals surface area (Å²) in [6, 6.07) is 6.65. The second kappa shape index (κ2) is 6.19. The minimum absolute atomic E-state index is 0.0899. The molecule has 1 aliphatic rings. The first kappa shape index (κ1) is 13.4. The van der Waals surface area contributed by atoms with E-state index in [4.69, 9.17) is 14.6 Å². The Bertz CT molecular complexity index is 468. The van der Waals surface area contributed by atoms with E-state index in [1.807, 2.05) is 0 Å². The lowest BCUT2D eigenvalue weighted by Gasteiger charge is -2.10. The number of carboxylic acids is 1. The van der Waals surface area contributed by atoms with Crippen molar-refractivity contribution in [2.75, 3.05) is 25.1 Å². The molecule has 6 nitrogen and oxygen atoms in total. The van der Waals surface area contributed by atoms with Crippen molar-refractivity contribution in [3.05, 3.63) is 24.3 Å². The zero-order valence-corrected chi connectivity index (χ0v) is 10.3. The molecule has 1 aromatic rings. The van der Waals surface area contributed by atoms with E-state index < -0.39 is 12.6 Å². The van der Waals surface area contributed by atoms with Crippen LogP contribution in [0.1, 0.15) is 6.42 Å². The summed E-state index contributed by atoms with van der Waals surface area (Å²) in [6.45, 7) is 0.648. The number of benzene rings is 1. The molecule has 0 aromatic heterocycles. The Hall–Kier alpha value is -2.08. The third-order valence-electron chi connectivity index (χ3n) is 2.76. The standard InChI is InChI=1S/C13H15NO5/c15-12(16)8-19-11-3-1-2-10(6-11)14-13(17)9-4-5-18-7-9/h1-3,6,9H,4-5,7-8H2,(H,14,17)(H,15,16). The molecule has 1 unspecified atom stereocenters. The number of rotatable bonds is 5. The van der Waals surface area contributed by atoms with Gasteiger partial charge in [0.05, 0.1) is 12.5 Å². The van der Waals surface area contributed by atoms with E-state index in [1.54, 1.807) is 24.3 Å². The third-order valence-corrected chi connectivity index (χ3v) is 2.76. The fraction of sp³-hybridized carbons (Fsp3) is 0.385. The molecule has 1 aliphatic heterocycles. The molecule has 1 aromatic carbocycles. The Morgan fingerprint density at radius 1 is 1.47 bits per heavy atom. The highest BCUT2D eigenvalue weighted by molar-refractivity contribution is 5.92. The molecule has 1 fully saturated rings. The predicted octanol–water partition coefficient (Wildman–Crippen LogP) is 1.12. The Morgan fingerprint density at radius 3 is 3.00 bits per heavy atom. The van der Waals surface area contributed by atoms with Gasteiger partial charge in [-0.3, -0.25) is 4.79 Å². The molecule has 6 heteroatoms. The van der Waals surface area contributed by atoms with Gasteiger partial charge >= 0.3 is 5.97 Å². The summed E-state index contributed by atoms with van der Waals surface area (Å²) < 4.78 is 10.2. The van der Waals surface area contributed by atoms with E-state index in [1.165, 1.54) is 0 Å². The van der Waals surface area contributed by atoms with Crippen LogP contribution in [0, 0.1) is 5.92 Å². The molecule has 0 aliphatic carbocycles. The summed E-state index contributed by atoms with van der Waals surface area (Å²) >= 11 is 0. The summed E-state index contributed by atoms with van der Waals surface area (Å²) in [5.41, 5.74) is 0.583. The molecular formula is C13H15NO5. The maximum Gasteiger partial charge on any atom is 0.341 e. The van der Waals surface area contributed by atoms with Crippen LogP contribution in [0.25, 0.3) is 0 Å². The van der Waals surface area contributed by atoms with Crippen molar-refractivity contribution in [2.24, 2.45) is 5.92 Å². The fourth-order valence-corrected chi connectivity index (χ4v) is 1.79. The first-order valence-corrected chi connectivity index (χ1v) is 5.98. The normalized spacial score (nSPS) is 18.0. The highest BCUT2D eigenvalue weighted by Crippen LogP contribution is 2.20. The maximum atomic E-state index is 11.9. The van der Waals surface area contributed by atoms with Gasteiger partial charge in [0.15, 0.2) is 6.61 Å². The van der Waals surface area contributed by atoms with E-state index >= 15 is 0 Å². The predicted molar refractivity (Wildman–Crippen MR) is 67.1 cm³/mol. The van der Waals surface area contributed by atoms with Crippen molar-refractivity contribution in [3.8, 4) is 5.75 Å². The lowest BCUT2D eigenvalue weighted by atomic mass is 10.1. The average molecular weight is 265 g/mol. The summed E-state index contributed by atoms with van der Waals surface area (Å²) in [5.74, 6) is -0.850. The van der Waals surface area contributed by atoms with Gasteiger partial charge in [0.25, 0.3) is 0 Å². The van der Waals surface area contributed by atoms with Crippen LogP contribution < -0.4 is 10.1 Å². The molecule has 1 atom stereocenters. The molecule has 1 saturated heterocycles. The van der Waals surface area contributed by atoms with E-state index in [2.05, 4.69) is 5.32 Å². The molecule has 0 radical (unpaired) electrons. The molecule has 0 bridgehead atoms. The van der Waals surface area contributed by atoms with Crippen molar-refractivity contribution in [1.29, 1.82) is 0 Å². The average Bonchev–Trinajstić information content (AvgIpc) is 2.91. The molecule has 0 saturated carbocycles. The first-order chi connectivity index (χ1) is 9.15. The number of hydrogen-bond donors (Lipinski definition) is 2. The number of aliphatic carboxylic acids is 1. The Labute approximate surface area is 110 Å². The zero-order valence-electron chi connectivity index (χ0n) is 10.3. The molecular weight excluding hydrogens is 250 g/mol. The second-order valence-corrected chi connectivity index (χ2v) is 4.26.